The molecule has 1 aliphatic rings. The van der Waals surface area contributed by atoms with E-state index in [0.29, 0.717) is 18.8 Å². The molecule has 2 aromatic carbocycles. The molecule has 1 aliphatic heterocycles. The van der Waals surface area contributed by atoms with Crippen LogP contribution < -0.4 is 4.72 Å². The van der Waals surface area contributed by atoms with Crippen molar-refractivity contribution in [2.75, 3.05) is 32.8 Å². The molecular weight excluding hydrogens is 376 g/mol. The number of sulfonamides is 1. The molecule has 3 rings (SSSR count). The molecule has 7 heteroatoms. The molecule has 1 N–H and O–H groups in total. The van der Waals surface area contributed by atoms with Crippen molar-refractivity contribution in [1.29, 1.82) is 0 Å². The first-order valence-corrected chi connectivity index (χ1v) is 10.8. The van der Waals surface area contributed by atoms with E-state index in [0.717, 1.165) is 24.2 Å². The summed E-state index contributed by atoms with van der Waals surface area (Å²) in [7, 11) is -3.67. The average molecular weight is 403 g/mol. The number of carbonyl (C=O) groups excluding carboxylic acids is 1. The highest BCUT2D eigenvalue weighted by Crippen LogP contribution is 2.23. The van der Waals surface area contributed by atoms with Gasteiger partial charge in [-0.25, -0.2) is 13.1 Å². The first kappa shape index (κ1) is 20.7. The number of hydrogen-bond donors (Lipinski definition) is 1. The van der Waals surface area contributed by atoms with E-state index in [4.69, 9.17) is 4.74 Å². The van der Waals surface area contributed by atoms with E-state index in [2.05, 4.69) is 15.7 Å². The van der Waals surface area contributed by atoms with Gasteiger partial charge in [0.25, 0.3) is 0 Å². The number of ketones is 1. The van der Waals surface area contributed by atoms with Gasteiger partial charge in [-0.1, -0.05) is 42.0 Å². The number of ether oxygens (including phenoxy) is 1. The van der Waals surface area contributed by atoms with E-state index >= 15 is 0 Å². The second-order valence-corrected chi connectivity index (χ2v) is 8.78. The number of hydrogen-bond acceptors (Lipinski definition) is 5. The molecule has 0 aliphatic carbocycles. The molecule has 1 saturated heterocycles. The number of benzene rings is 2. The van der Waals surface area contributed by atoms with Crippen molar-refractivity contribution in [2.45, 2.75) is 24.8 Å². The third-order valence-electron chi connectivity index (χ3n) is 4.95. The summed E-state index contributed by atoms with van der Waals surface area (Å²) in [5.74, 6) is -0.0938. The molecule has 28 heavy (non-hydrogen) atoms. The highest BCUT2D eigenvalue weighted by Gasteiger charge is 2.25. The fourth-order valence-corrected chi connectivity index (χ4v) is 4.40. The maximum atomic E-state index is 12.8. The van der Waals surface area contributed by atoms with Gasteiger partial charge in [0.15, 0.2) is 5.78 Å². The zero-order chi connectivity index (χ0) is 20.1. The first-order valence-electron chi connectivity index (χ1n) is 9.36. The molecule has 6 nitrogen and oxygen atoms in total. The molecular formula is C21H26N2O4S. The van der Waals surface area contributed by atoms with Crippen LogP contribution in [0.5, 0.6) is 0 Å². The van der Waals surface area contributed by atoms with Crippen LogP contribution >= 0.6 is 0 Å². The Balaban J connectivity index is 1.79. The van der Waals surface area contributed by atoms with Gasteiger partial charge in [-0.05, 0) is 31.5 Å². The van der Waals surface area contributed by atoms with Gasteiger partial charge in [0.2, 0.25) is 10.0 Å². The maximum absolute atomic E-state index is 12.8. The minimum atomic E-state index is -3.67. The van der Waals surface area contributed by atoms with E-state index in [1.165, 1.54) is 31.2 Å². The second kappa shape index (κ2) is 8.96. The molecule has 1 atom stereocenters. The lowest BCUT2D eigenvalue weighted by molar-refractivity contribution is 0.0172. The summed E-state index contributed by atoms with van der Waals surface area (Å²) < 4.78 is 33.7. The summed E-state index contributed by atoms with van der Waals surface area (Å²) in [6.45, 7) is 6.54. The molecule has 0 radical (unpaired) electrons. The fourth-order valence-electron chi connectivity index (χ4n) is 3.37. The zero-order valence-corrected chi connectivity index (χ0v) is 17.0. The third kappa shape index (κ3) is 5.05. The van der Waals surface area contributed by atoms with Crippen LogP contribution in [-0.4, -0.2) is 51.9 Å². The predicted octanol–water partition coefficient (Wildman–Crippen LogP) is 2.55. The molecule has 2 aromatic rings. The lowest BCUT2D eigenvalue weighted by atomic mass is 10.0. The first-order chi connectivity index (χ1) is 13.4. The van der Waals surface area contributed by atoms with Crippen LogP contribution in [0.1, 0.15) is 34.5 Å². The van der Waals surface area contributed by atoms with E-state index in [9.17, 15) is 13.2 Å². The zero-order valence-electron chi connectivity index (χ0n) is 16.2. The maximum Gasteiger partial charge on any atom is 0.240 e. The van der Waals surface area contributed by atoms with E-state index in [-0.39, 0.29) is 23.3 Å². The van der Waals surface area contributed by atoms with Crippen LogP contribution in [0.3, 0.4) is 0 Å². The summed E-state index contributed by atoms with van der Waals surface area (Å²) in [5.41, 5.74) is 2.71. The Hall–Kier alpha value is -2.06. The fraction of sp³-hybridized carbons (Fsp3) is 0.381. The Morgan fingerprint density at radius 2 is 1.82 bits per heavy atom. The molecule has 1 heterocycles. The number of Topliss-reactive ketones (excluding diaryl/α,β-unsaturated/α-hetero) is 1. The monoisotopic (exact) mass is 402 g/mol. The van der Waals surface area contributed by atoms with Gasteiger partial charge in [-0.2, -0.15) is 0 Å². The predicted molar refractivity (Wildman–Crippen MR) is 108 cm³/mol. The van der Waals surface area contributed by atoms with Gasteiger partial charge in [0.05, 0.1) is 18.1 Å². The molecule has 0 aromatic heterocycles. The SMILES string of the molecule is CC(=O)c1ccc(S(=O)(=O)NCC(c2cccc(C)c2)N2CCOCC2)cc1. The van der Waals surface area contributed by atoms with E-state index in [1.54, 1.807) is 0 Å². The Morgan fingerprint density at radius 3 is 2.43 bits per heavy atom. The topological polar surface area (TPSA) is 75.7 Å². The van der Waals surface area contributed by atoms with Crippen LogP contribution in [0.2, 0.25) is 0 Å². The second-order valence-electron chi connectivity index (χ2n) is 7.01. The van der Waals surface area contributed by atoms with Crippen LogP contribution in [0.4, 0.5) is 0 Å². The van der Waals surface area contributed by atoms with Crippen molar-refractivity contribution >= 4 is 15.8 Å². The number of carbonyl (C=O) groups is 1. The van der Waals surface area contributed by atoms with Gasteiger partial charge < -0.3 is 4.74 Å². The van der Waals surface area contributed by atoms with Crippen LogP contribution in [0, 0.1) is 6.92 Å². The van der Waals surface area contributed by atoms with Gasteiger partial charge in [-0.3, -0.25) is 9.69 Å². The molecule has 0 amide bonds. The number of nitrogens with one attached hydrogen (secondary N) is 1. The molecule has 150 valence electrons. The Labute approximate surface area is 166 Å². The van der Waals surface area contributed by atoms with Gasteiger partial charge >= 0.3 is 0 Å². The summed E-state index contributed by atoms with van der Waals surface area (Å²) in [5, 5.41) is 0. The Bertz CT molecular complexity index is 920. The van der Waals surface area contributed by atoms with Crippen molar-refractivity contribution in [3.05, 3.63) is 65.2 Å². The van der Waals surface area contributed by atoms with Gasteiger partial charge in [-0.15, -0.1) is 0 Å². The van der Waals surface area contributed by atoms with Crippen molar-refractivity contribution < 1.29 is 17.9 Å². The summed E-state index contributed by atoms with van der Waals surface area (Å²) in [6.07, 6.45) is 0. The standard InChI is InChI=1S/C21H26N2O4S/c1-16-4-3-5-19(14-16)21(23-10-12-27-13-11-23)15-22-28(25,26)20-8-6-18(7-9-20)17(2)24/h3-9,14,21-22H,10-13,15H2,1-2H3. The highest BCUT2D eigenvalue weighted by molar-refractivity contribution is 7.89. The Morgan fingerprint density at radius 1 is 1.14 bits per heavy atom. The molecule has 0 saturated carbocycles. The normalized spacial score (nSPS) is 16.6. The Kier molecular flexibility index (Phi) is 6.61. The number of aryl methyl sites for hydroxylation is 1. The lowest BCUT2D eigenvalue weighted by Gasteiger charge is -2.35. The van der Waals surface area contributed by atoms with Gasteiger partial charge in [0, 0.05) is 31.2 Å². The van der Waals surface area contributed by atoms with E-state index < -0.39 is 10.0 Å². The van der Waals surface area contributed by atoms with E-state index in [1.807, 2.05) is 25.1 Å². The molecule has 1 fully saturated rings. The third-order valence-corrected chi connectivity index (χ3v) is 6.39. The number of nitrogens with zero attached hydrogens (tertiary/aromatic N) is 1. The van der Waals surface area contributed by atoms with Crippen LogP contribution in [0.15, 0.2) is 53.4 Å². The van der Waals surface area contributed by atoms with Gasteiger partial charge in [0.1, 0.15) is 0 Å². The lowest BCUT2D eigenvalue weighted by Crippen LogP contribution is -2.43. The smallest absolute Gasteiger partial charge is 0.240 e. The highest BCUT2D eigenvalue weighted by atomic mass is 32.2. The number of morpholine rings is 1. The summed E-state index contributed by atoms with van der Waals surface area (Å²) in [4.78, 5) is 13.8. The van der Waals surface area contributed by atoms with Crippen LogP contribution in [-0.2, 0) is 14.8 Å². The number of rotatable bonds is 7. The van der Waals surface area contributed by atoms with Crippen molar-refractivity contribution in [3.8, 4) is 0 Å². The van der Waals surface area contributed by atoms with Crippen molar-refractivity contribution in [1.82, 2.24) is 9.62 Å². The quantitative estimate of drug-likeness (QED) is 0.721. The molecule has 0 bridgehead atoms. The van der Waals surface area contributed by atoms with Crippen molar-refractivity contribution in [2.24, 2.45) is 0 Å². The van der Waals surface area contributed by atoms with Crippen molar-refractivity contribution in [3.63, 3.8) is 0 Å². The summed E-state index contributed by atoms with van der Waals surface area (Å²) >= 11 is 0. The minimum absolute atomic E-state index is 0.0740. The molecule has 0 spiro atoms. The molecule has 1 unspecified atom stereocenters. The largest absolute Gasteiger partial charge is 0.379 e. The average Bonchev–Trinajstić information content (AvgIpc) is 2.69. The summed E-state index contributed by atoms with van der Waals surface area (Å²) in [6, 6.07) is 14.1. The van der Waals surface area contributed by atoms with Crippen LogP contribution in [0.25, 0.3) is 0 Å². The minimum Gasteiger partial charge on any atom is -0.379 e.